The number of carbonyl (C=O) groups excluding carboxylic acids is 1. The molecule has 0 unspecified atom stereocenters. The van der Waals surface area contributed by atoms with Crippen molar-refractivity contribution in [1.82, 2.24) is 10.6 Å². The van der Waals surface area contributed by atoms with Gasteiger partial charge in [0.25, 0.3) is 0 Å². The maximum atomic E-state index is 13.3. The Morgan fingerprint density at radius 1 is 1.32 bits per heavy atom. The van der Waals surface area contributed by atoms with Crippen LogP contribution in [0.3, 0.4) is 0 Å². The molecule has 0 heterocycles. The zero-order chi connectivity index (χ0) is 14.5. The highest BCUT2D eigenvalue weighted by atomic mass is 19.1. The molecule has 104 valence electrons. The van der Waals surface area contributed by atoms with Crippen LogP contribution in [0, 0.1) is 11.2 Å². The fourth-order valence-electron chi connectivity index (χ4n) is 1.26. The first-order valence-corrected chi connectivity index (χ1v) is 6.25. The monoisotopic (exact) mass is 264 g/mol. The second-order valence-corrected chi connectivity index (χ2v) is 5.50. The topological polar surface area (TPSA) is 41.1 Å². The molecule has 1 rings (SSSR count). The first-order chi connectivity index (χ1) is 8.80. The lowest BCUT2D eigenvalue weighted by molar-refractivity contribution is 0.243. The van der Waals surface area contributed by atoms with Crippen molar-refractivity contribution in [1.29, 1.82) is 0 Å². The average Bonchev–Trinajstić information content (AvgIpc) is 2.33. The second kappa shape index (κ2) is 6.36. The Morgan fingerprint density at radius 2 is 1.95 bits per heavy atom. The molecule has 0 saturated heterocycles. The number of allylic oxidation sites excluding steroid dienone is 1. The minimum atomic E-state index is -0.341. The fourth-order valence-corrected chi connectivity index (χ4v) is 1.26. The number of amides is 2. The molecule has 0 bridgehead atoms. The van der Waals surface area contributed by atoms with E-state index in [9.17, 15) is 9.18 Å². The zero-order valence-electron chi connectivity index (χ0n) is 11.9. The Labute approximate surface area is 113 Å². The van der Waals surface area contributed by atoms with Crippen LogP contribution in [0.15, 0.2) is 36.0 Å². The minimum Gasteiger partial charge on any atom is -0.334 e. The highest BCUT2D eigenvalue weighted by molar-refractivity contribution is 5.75. The van der Waals surface area contributed by atoms with Crippen LogP contribution in [0.5, 0.6) is 0 Å². The lowest BCUT2D eigenvalue weighted by Gasteiger charge is -2.19. The molecule has 1 aromatic rings. The maximum absolute atomic E-state index is 13.3. The molecular formula is C15H21FN2O. The van der Waals surface area contributed by atoms with E-state index in [0.717, 1.165) is 5.57 Å². The second-order valence-electron chi connectivity index (χ2n) is 5.50. The number of hydrogen-bond donors (Lipinski definition) is 2. The van der Waals surface area contributed by atoms with Crippen LogP contribution in [0.25, 0.3) is 0 Å². The van der Waals surface area contributed by atoms with Crippen molar-refractivity contribution in [3.8, 4) is 0 Å². The molecule has 0 aliphatic rings. The van der Waals surface area contributed by atoms with E-state index >= 15 is 0 Å². The van der Waals surface area contributed by atoms with Gasteiger partial charge in [0, 0.05) is 18.3 Å². The van der Waals surface area contributed by atoms with Crippen LogP contribution in [0.2, 0.25) is 0 Å². The Kier molecular flexibility index (Phi) is 5.10. The summed E-state index contributed by atoms with van der Waals surface area (Å²) in [6.07, 6.45) is 1.68. The van der Waals surface area contributed by atoms with Gasteiger partial charge in [-0.1, -0.05) is 44.5 Å². The first-order valence-electron chi connectivity index (χ1n) is 6.25. The van der Waals surface area contributed by atoms with Crippen molar-refractivity contribution in [2.45, 2.75) is 34.2 Å². The summed E-state index contributed by atoms with van der Waals surface area (Å²) >= 11 is 0. The molecule has 3 nitrogen and oxygen atoms in total. The van der Waals surface area contributed by atoms with Crippen molar-refractivity contribution >= 4 is 6.03 Å². The van der Waals surface area contributed by atoms with Crippen LogP contribution < -0.4 is 10.6 Å². The van der Waals surface area contributed by atoms with E-state index in [2.05, 4.69) is 31.4 Å². The molecule has 0 fully saturated rings. The first kappa shape index (κ1) is 15.2. The molecule has 0 aromatic heterocycles. The van der Waals surface area contributed by atoms with E-state index in [0.29, 0.717) is 5.56 Å². The van der Waals surface area contributed by atoms with Gasteiger partial charge >= 0.3 is 6.03 Å². The fraction of sp³-hybridized carbons (Fsp3) is 0.400. The van der Waals surface area contributed by atoms with E-state index in [1.165, 1.54) is 6.07 Å². The Balaban J connectivity index is 2.48. The summed E-state index contributed by atoms with van der Waals surface area (Å²) in [6, 6.07) is 6.03. The van der Waals surface area contributed by atoms with Crippen molar-refractivity contribution in [3.63, 3.8) is 0 Å². The third-order valence-corrected chi connectivity index (χ3v) is 3.00. The van der Waals surface area contributed by atoms with E-state index in [1.807, 2.05) is 6.92 Å². The summed E-state index contributed by atoms with van der Waals surface area (Å²) in [5, 5.41) is 5.26. The van der Waals surface area contributed by atoms with Gasteiger partial charge in [-0.05, 0) is 18.4 Å². The SMILES string of the molecule is C/C(=C\NC(=O)NCc1ccccc1F)C(C)(C)C. The average molecular weight is 264 g/mol. The van der Waals surface area contributed by atoms with Gasteiger partial charge in [0.05, 0.1) is 0 Å². The Bertz CT molecular complexity index is 475. The van der Waals surface area contributed by atoms with E-state index in [4.69, 9.17) is 0 Å². The van der Waals surface area contributed by atoms with E-state index in [-0.39, 0.29) is 23.8 Å². The lowest BCUT2D eigenvalue weighted by Crippen LogP contribution is -2.32. The summed E-state index contributed by atoms with van der Waals surface area (Å²) in [6.45, 7) is 8.32. The third kappa shape index (κ3) is 5.12. The number of nitrogens with one attached hydrogen (secondary N) is 2. The van der Waals surface area contributed by atoms with Crippen LogP contribution in [0.1, 0.15) is 33.3 Å². The summed E-state index contributed by atoms with van der Waals surface area (Å²) in [5.41, 5.74) is 1.54. The molecular weight excluding hydrogens is 243 g/mol. The van der Waals surface area contributed by atoms with Crippen molar-refractivity contribution in [3.05, 3.63) is 47.4 Å². The zero-order valence-corrected chi connectivity index (χ0v) is 11.9. The molecule has 19 heavy (non-hydrogen) atoms. The lowest BCUT2D eigenvalue weighted by atomic mass is 9.88. The van der Waals surface area contributed by atoms with Crippen molar-refractivity contribution < 1.29 is 9.18 Å². The number of hydrogen-bond acceptors (Lipinski definition) is 1. The maximum Gasteiger partial charge on any atom is 0.319 e. The predicted molar refractivity (Wildman–Crippen MR) is 75.0 cm³/mol. The summed E-state index contributed by atoms with van der Waals surface area (Å²) < 4.78 is 13.3. The summed E-state index contributed by atoms with van der Waals surface area (Å²) in [7, 11) is 0. The van der Waals surface area contributed by atoms with E-state index in [1.54, 1.807) is 24.4 Å². The number of urea groups is 1. The van der Waals surface area contributed by atoms with Gasteiger partial charge in [-0.25, -0.2) is 9.18 Å². The predicted octanol–water partition coefficient (Wildman–Crippen LogP) is 3.57. The highest BCUT2D eigenvalue weighted by Crippen LogP contribution is 2.23. The number of carbonyl (C=O) groups is 1. The van der Waals surface area contributed by atoms with Crippen LogP contribution in [0.4, 0.5) is 9.18 Å². The molecule has 0 radical (unpaired) electrons. The number of halogens is 1. The molecule has 1 aromatic carbocycles. The van der Waals surface area contributed by atoms with Gasteiger partial charge < -0.3 is 10.6 Å². The van der Waals surface area contributed by atoms with Gasteiger partial charge in [0.2, 0.25) is 0 Å². The normalized spacial score (nSPS) is 12.2. The summed E-state index contributed by atoms with van der Waals surface area (Å²) in [5.74, 6) is -0.316. The van der Waals surface area contributed by atoms with E-state index < -0.39 is 0 Å². The van der Waals surface area contributed by atoms with Gasteiger partial charge in [0.1, 0.15) is 5.82 Å². The number of rotatable bonds is 3. The van der Waals surface area contributed by atoms with Crippen LogP contribution >= 0.6 is 0 Å². The van der Waals surface area contributed by atoms with Crippen LogP contribution in [-0.2, 0) is 6.54 Å². The molecule has 4 heteroatoms. The third-order valence-electron chi connectivity index (χ3n) is 3.00. The van der Waals surface area contributed by atoms with Crippen molar-refractivity contribution in [2.75, 3.05) is 0 Å². The van der Waals surface area contributed by atoms with Gasteiger partial charge in [0.15, 0.2) is 0 Å². The Hall–Kier alpha value is -1.84. The standard InChI is InChI=1S/C15H21FN2O/c1-11(15(2,3)4)9-17-14(19)18-10-12-7-5-6-8-13(12)16/h5-9H,10H2,1-4H3,(H2,17,18,19)/b11-9+. The van der Waals surface area contributed by atoms with Crippen LogP contribution in [-0.4, -0.2) is 6.03 Å². The minimum absolute atomic E-state index is 0.0127. The molecule has 0 spiro atoms. The quantitative estimate of drug-likeness (QED) is 0.861. The molecule has 2 amide bonds. The van der Waals surface area contributed by atoms with Crippen molar-refractivity contribution in [2.24, 2.45) is 5.41 Å². The van der Waals surface area contributed by atoms with Gasteiger partial charge in [-0.15, -0.1) is 0 Å². The molecule has 2 N–H and O–H groups in total. The molecule has 0 aliphatic heterocycles. The van der Waals surface area contributed by atoms with Gasteiger partial charge in [-0.3, -0.25) is 0 Å². The molecule has 0 atom stereocenters. The highest BCUT2D eigenvalue weighted by Gasteiger charge is 2.12. The van der Waals surface area contributed by atoms with Gasteiger partial charge in [-0.2, -0.15) is 0 Å². The smallest absolute Gasteiger partial charge is 0.319 e. The molecule has 0 aliphatic carbocycles. The summed E-state index contributed by atoms with van der Waals surface area (Å²) in [4.78, 5) is 11.6. The Morgan fingerprint density at radius 3 is 2.53 bits per heavy atom. The largest absolute Gasteiger partial charge is 0.334 e. The molecule has 0 saturated carbocycles. The number of benzene rings is 1.